The number of methoxy groups -OCH3 is 1. The first-order valence-electron chi connectivity index (χ1n) is 7.72. The van der Waals surface area contributed by atoms with Crippen LogP contribution in [0.5, 0.6) is 0 Å². The Morgan fingerprint density at radius 2 is 1.76 bits per heavy atom. The van der Waals surface area contributed by atoms with Gasteiger partial charge in [-0.05, 0) is 31.2 Å². The molecule has 1 aliphatic rings. The van der Waals surface area contributed by atoms with E-state index in [1.807, 2.05) is 55.3 Å². The summed E-state index contributed by atoms with van der Waals surface area (Å²) in [6, 6.07) is 15.0. The second kappa shape index (κ2) is 7.03. The van der Waals surface area contributed by atoms with Crippen molar-refractivity contribution in [1.29, 1.82) is 0 Å². The third-order valence-electron chi connectivity index (χ3n) is 3.89. The van der Waals surface area contributed by atoms with Gasteiger partial charge in [0.05, 0.1) is 12.8 Å². The van der Waals surface area contributed by atoms with E-state index in [2.05, 4.69) is 5.32 Å². The van der Waals surface area contributed by atoms with Gasteiger partial charge in [0.2, 0.25) is 0 Å². The van der Waals surface area contributed by atoms with Gasteiger partial charge in [-0.3, -0.25) is 4.79 Å². The molecule has 0 fully saturated rings. The van der Waals surface area contributed by atoms with Crippen molar-refractivity contribution in [2.24, 2.45) is 0 Å². The highest BCUT2D eigenvalue weighted by Gasteiger charge is 2.29. The van der Waals surface area contributed by atoms with E-state index in [0.717, 1.165) is 16.1 Å². The molecule has 128 valence electrons. The molecule has 0 atom stereocenters. The van der Waals surface area contributed by atoms with Crippen molar-refractivity contribution in [3.63, 3.8) is 0 Å². The number of fused-ring (bicyclic) bond motifs is 1. The van der Waals surface area contributed by atoms with E-state index in [9.17, 15) is 9.59 Å². The number of para-hydroxylation sites is 1. The molecular weight excluding hydrogens is 336 g/mol. The molecule has 2 aromatic rings. The predicted molar refractivity (Wildman–Crippen MR) is 98.4 cm³/mol. The maximum Gasteiger partial charge on any atom is 0.357 e. The van der Waals surface area contributed by atoms with E-state index < -0.39 is 5.97 Å². The number of nitrogens with zero attached hydrogens (tertiary/aromatic N) is 1. The van der Waals surface area contributed by atoms with Crippen LogP contribution >= 0.6 is 11.8 Å². The zero-order chi connectivity index (χ0) is 18.0. The summed E-state index contributed by atoms with van der Waals surface area (Å²) in [5.74, 6) is -0.930. The molecule has 0 unspecified atom stereocenters. The normalized spacial score (nSPS) is 14.8. The number of amides is 1. The molecule has 25 heavy (non-hydrogen) atoms. The largest absolute Gasteiger partial charge is 0.464 e. The molecule has 0 radical (unpaired) electrons. The minimum absolute atomic E-state index is 0.136. The molecule has 0 aliphatic carbocycles. The lowest BCUT2D eigenvalue weighted by Gasteiger charge is -2.17. The van der Waals surface area contributed by atoms with E-state index in [1.165, 1.54) is 18.9 Å². The van der Waals surface area contributed by atoms with Gasteiger partial charge in [-0.2, -0.15) is 0 Å². The zero-order valence-corrected chi connectivity index (χ0v) is 15.0. The van der Waals surface area contributed by atoms with Crippen LogP contribution in [-0.2, 0) is 9.53 Å². The third kappa shape index (κ3) is 3.39. The highest BCUT2D eigenvalue weighted by Crippen LogP contribution is 2.45. The van der Waals surface area contributed by atoms with E-state index in [1.54, 1.807) is 12.1 Å². The Morgan fingerprint density at radius 1 is 1.08 bits per heavy atom. The summed E-state index contributed by atoms with van der Waals surface area (Å²) in [7, 11) is 3.16. The van der Waals surface area contributed by atoms with Crippen LogP contribution in [0.25, 0.3) is 0 Å². The van der Waals surface area contributed by atoms with Gasteiger partial charge in [0, 0.05) is 17.5 Å². The number of hydrogen-bond donors (Lipinski definition) is 1. The number of esters is 1. The maximum absolute atomic E-state index is 12.5. The zero-order valence-electron chi connectivity index (χ0n) is 14.2. The van der Waals surface area contributed by atoms with Gasteiger partial charge in [0.25, 0.3) is 5.91 Å². The molecule has 1 N–H and O–H groups in total. The van der Waals surface area contributed by atoms with E-state index in [4.69, 9.17) is 4.74 Å². The van der Waals surface area contributed by atoms with E-state index in [0.29, 0.717) is 10.6 Å². The molecule has 0 saturated carbocycles. The predicted octanol–water partition coefficient (Wildman–Crippen LogP) is 3.31. The van der Waals surface area contributed by atoms with Crippen molar-refractivity contribution in [2.45, 2.75) is 11.8 Å². The summed E-state index contributed by atoms with van der Waals surface area (Å²) in [6.07, 6.45) is 0. The van der Waals surface area contributed by atoms with Gasteiger partial charge in [0.15, 0.2) is 5.70 Å². The summed E-state index contributed by atoms with van der Waals surface area (Å²) in [5.41, 5.74) is 2.66. The van der Waals surface area contributed by atoms with E-state index in [-0.39, 0.29) is 11.6 Å². The SMILES string of the molecule is COC(=O)/C(NC(=O)c1ccc(C)cc1)=C1\Sc2ccccc2N1C. The number of ether oxygens (including phenoxy) is 1. The summed E-state index contributed by atoms with van der Waals surface area (Å²) in [5, 5.41) is 3.35. The molecule has 1 amide bonds. The van der Waals surface area contributed by atoms with Gasteiger partial charge < -0.3 is 15.0 Å². The van der Waals surface area contributed by atoms with Crippen LogP contribution in [-0.4, -0.2) is 26.0 Å². The molecule has 6 heteroatoms. The minimum atomic E-state index is -0.581. The van der Waals surface area contributed by atoms with Crippen molar-refractivity contribution in [3.8, 4) is 0 Å². The topological polar surface area (TPSA) is 58.6 Å². The fourth-order valence-corrected chi connectivity index (χ4v) is 3.64. The molecule has 0 aromatic heterocycles. The second-order valence-electron chi connectivity index (χ2n) is 5.62. The molecule has 1 aliphatic heterocycles. The summed E-state index contributed by atoms with van der Waals surface area (Å²) < 4.78 is 4.88. The van der Waals surface area contributed by atoms with Gasteiger partial charge in [0.1, 0.15) is 5.03 Å². The number of benzene rings is 2. The Morgan fingerprint density at radius 3 is 2.40 bits per heavy atom. The molecule has 2 aromatic carbocycles. The van der Waals surface area contributed by atoms with Crippen LogP contribution in [0.3, 0.4) is 0 Å². The molecular formula is C19H18N2O3S. The highest BCUT2D eigenvalue weighted by atomic mass is 32.2. The van der Waals surface area contributed by atoms with Crippen molar-refractivity contribution < 1.29 is 14.3 Å². The lowest BCUT2D eigenvalue weighted by Crippen LogP contribution is -2.31. The van der Waals surface area contributed by atoms with Crippen LogP contribution in [0.2, 0.25) is 0 Å². The van der Waals surface area contributed by atoms with Crippen molar-refractivity contribution in [1.82, 2.24) is 5.32 Å². The number of carbonyl (C=O) groups is 2. The smallest absolute Gasteiger partial charge is 0.357 e. The fraction of sp³-hybridized carbons (Fsp3) is 0.158. The number of aryl methyl sites for hydroxylation is 1. The number of nitrogens with one attached hydrogen (secondary N) is 1. The summed E-state index contributed by atoms with van der Waals surface area (Å²) in [6.45, 7) is 1.95. The van der Waals surface area contributed by atoms with Gasteiger partial charge in [-0.1, -0.05) is 41.6 Å². The van der Waals surface area contributed by atoms with Crippen LogP contribution in [0.1, 0.15) is 15.9 Å². The molecule has 3 rings (SSSR count). The van der Waals surface area contributed by atoms with Gasteiger partial charge in [-0.15, -0.1) is 0 Å². The summed E-state index contributed by atoms with van der Waals surface area (Å²) >= 11 is 1.43. The maximum atomic E-state index is 12.5. The van der Waals surface area contributed by atoms with Gasteiger partial charge in [-0.25, -0.2) is 4.79 Å². The van der Waals surface area contributed by atoms with Gasteiger partial charge >= 0.3 is 5.97 Å². The molecule has 5 nitrogen and oxygen atoms in total. The standard InChI is InChI=1S/C19H18N2O3S/c1-12-8-10-13(11-9-12)17(22)20-16(19(23)24-3)18-21(2)14-6-4-5-7-15(14)25-18/h4-11H,1-3H3,(H,20,22)/b18-16+. The highest BCUT2D eigenvalue weighted by molar-refractivity contribution is 8.03. The minimum Gasteiger partial charge on any atom is -0.464 e. The van der Waals surface area contributed by atoms with E-state index >= 15 is 0 Å². The fourth-order valence-electron chi connectivity index (χ4n) is 2.51. The van der Waals surface area contributed by atoms with Crippen molar-refractivity contribution in [2.75, 3.05) is 19.1 Å². The monoisotopic (exact) mass is 354 g/mol. The Kier molecular flexibility index (Phi) is 4.81. The molecule has 0 bridgehead atoms. The van der Waals surface area contributed by atoms with Crippen LogP contribution in [0.15, 0.2) is 64.2 Å². The third-order valence-corrected chi connectivity index (χ3v) is 5.13. The molecule has 1 heterocycles. The van der Waals surface area contributed by atoms with Crippen LogP contribution in [0.4, 0.5) is 5.69 Å². The number of hydrogen-bond acceptors (Lipinski definition) is 5. The first-order valence-corrected chi connectivity index (χ1v) is 8.54. The van der Waals surface area contributed by atoms with Crippen molar-refractivity contribution in [3.05, 3.63) is 70.4 Å². The number of rotatable bonds is 3. The number of thioether (sulfide) groups is 1. The average Bonchev–Trinajstić information content (AvgIpc) is 2.96. The summed E-state index contributed by atoms with van der Waals surface area (Å²) in [4.78, 5) is 27.7. The molecule has 0 spiro atoms. The van der Waals surface area contributed by atoms with Crippen molar-refractivity contribution >= 4 is 29.3 Å². The first-order chi connectivity index (χ1) is 12.0. The Hall–Kier alpha value is -2.73. The second-order valence-corrected chi connectivity index (χ2v) is 6.65. The lowest BCUT2D eigenvalue weighted by molar-refractivity contribution is -0.136. The average molecular weight is 354 g/mol. The Labute approximate surface area is 150 Å². The van der Waals surface area contributed by atoms with Crippen LogP contribution < -0.4 is 10.2 Å². The number of anilines is 1. The molecule has 0 saturated heterocycles. The quantitative estimate of drug-likeness (QED) is 0.677. The number of carbonyl (C=O) groups excluding carboxylic acids is 2. The first kappa shape index (κ1) is 17.1. The Bertz CT molecular complexity index is 859. The van der Waals surface area contributed by atoms with Crippen LogP contribution in [0, 0.1) is 6.92 Å². The lowest BCUT2D eigenvalue weighted by atomic mass is 10.1. The Balaban J connectivity index is 1.95.